The van der Waals surface area contributed by atoms with E-state index in [0.29, 0.717) is 0 Å². The van der Waals surface area contributed by atoms with Crippen LogP contribution in [-0.2, 0) is 0 Å². The molecule has 0 saturated carbocycles. The minimum atomic E-state index is 1.19. The highest BCUT2D eigenvalue weighted by molar-refractivity contribution is 8.22. The lowest BCUT2D eigenvalue weighted by atomic mass is 10.6. The van der Waals surface area contributed by atoms with Crippen molar-refractivity contribution in [2.24, 2.45) is 0 Å². The Morgan fingerprint density at radius 1 is 1.40 bits per heavy atom. The Balaban J connectivity index is 2.44. The van der Waals surface area contributed by atoms with E-state index in [2.05, 4.69) is 4.79 Å². The molecule has 54 valence electrons. The number of thioether (sulfide) groups is 2. The van der Waals surface area contributed by atoms with Gasteiger partial charge in [-0.25, -0.2) is 0 Å². The molecule has 2 nitrogen and oxygen atoms in total. The summed E-state index contributed by atoms with van der Waals surface area (Å²) in [5, 5.41) is 0. The highest BCUT2D eigenvalue weighted by atomic mass is 32.2. The van der Waals surface area contributed by atoms with Gasteiger partial charge in [-0.15, -0.1) is 23.5 Å². The Labute approximate surface area is 68.7 Å². The van der Waals surface area contributed by atoms with Crippen LogP contribution in [0.1, 0.15) is 6.42 Å². The third-order valence-corrected chi connectivity index (χ3v) is 3.59. The van der Waals surface area contributed by atoms with Gasteiger partial charge >= 0.3 is 0 Å². The van der Waals surface area contributed by atoms with Gasteiger partial charge in [0, 0.05) is 10.3 Å². The molecule has 0 bridgehead atoms. The van der Waals surface area contributed by atoms with Gasteiger partial charge in [0.15, 0.2) is 0 Å². The number of nitrogens with zero attached hydrogens (tertiary/aromatic N) is 2. The summed E-state index contributed by atoms with van der Waals surface area (Å²) < 4.78 is 1.25. The molecule has 0 atom stereocenters. The molecular weight excluding hydrogens is 164 g/mol. The molecule has 1 fully saturated rings. The van der Waals surface area contributed by atoms with Crippen molar-refractivity contribution in [1.82, 2.24) is 0 Å². The second-order valence-corrected chi connectivity index (χ2v) is 4.33. The summed E-state index contributed by atoms with van der Waals surface area (Å²) in [7, 11) is 0. The van der Waals surface area contributed by atoms with Gasteiger partial charge in [0.25, 0.3) is 6.21 Å². The minimum Gasteiger partial charge on any atom is -0.362 e. The quantitative estimate of drug-likeness (QED) is 0.344. The molecule has 1 saturated heterocycles. The van der Waals surface area contributed by atoms with Crippen LogP contribution in [0.25, 0.3) is 5.53 Å². The van der Waals surface area contributed by atoms with Gasteiger partial charge < -0.3 is 5.53 Å². The number of hydrogen-bond acceptors (Lipinski definition) is 2. The minimum absolute atomic E-state index is 1.19. The first-order chi connectivity index (χ1) is 4.93. The van der Waals surface area contributed by atoms with E-state index >= 15 is 0 Å². The summed E-state index contributed by atoms with van der Waals surface area (Å²) in [4.78, 5) is 2.90. The zero-order chi connectivity index (χ0) is 7.23. The molecule has 1 aliphatic rings. The molecule has 4 heteroatoms. The van der Waals surface area contributed by atoms with Crippen LogP contribution >= 0.6 is 23.5 Å². The molecule has 10 heavy (non-hydrogen) atoms. The maximum atomic E-state index is 8.10. The molecule has 0 aromatic rings. The van der Waals surface area contributed by atoms with Gasteiger partial charge in [0.1, 0.15) is 0 Å². The molecule has 0 N–H and O–H groups in total. The van der Waals surface area contributed by atoms with E-state index in [1.54, 1.807) is 0 Å². The normalized spacial score (nSPS) is 17.8. The van der Waals surface area contributed by atoms with Crippen LogP contribution in [0, 0.1) is 0 Å². The van der Waals surface area contributed by atoms with Crippen molar-refractivity contribution in [1.29, 1.82) is 0 Å². The van der Waals surface area contributed by atoms with Crippen LogP contribution < -0.4 is 0 Å². The first kappa shape index (κ1) is 7.92. The van der Waals surface area contributed by atoms with Gasteiger partial charge in [-0.05, 0) is 17.9 Å². The van der Waals surface area contributed by atoms with Crippen molar-refractivity contribution < 1.29 is 4.79 Å². The maximum absolute atomic E-state index is 8.10. The third kappa shape index (κ3) is 2.60. The molecule has 0 aromatic heterocycles. The van der Waals surface area contributed by atoms with Crippen molar-refractivity contribution in [2.45, 2.75) is 6.42 Å². The van der Waals surface area contributed by atoms with Crippen LogP contribution in [0.3, 0.4) is 0 Å². The van der Waals surface area contributed by atoms with E-state index < -0.39 is 0 Å². The third-order valence-electron chi connectivity index (χ3n) is 1.05. The largest absolute Gasteiger partial charge is 0.362 e. The average Bonchev–Trinajstić information content (AvgIpc) is 2.03. The van der Waals surface area contributed by atoms with Crippen LogP contribution in [0.2, 0.25) is 0 Å². The van der Waals surface area contributed by atoms with E-state index in [0.717, 1.165) is 0 Å². The van der Waals surface area contributed by atoms with E-state index in [9.17, 15) is 0 Å². The number of rotatable bonds is 1. The van der Waals surface area contributed by atoms with E-state index in [1.165, 1.54) is 28.4 Å². The molecule has 0 unspecified atom stereocenters. The van der Waals surface area contributed by atoms with Crippen molar-refractivity contribution in [3.8, 4) is 0 Å². The topological polar surface area (TPSA) is 36.4 Å². The van der Waals surface area contributed by atoms with Crippen molar-refractivity contribution in [3.05, 3.63) is 15.8 Å². The Morgan fingerprint density at radius 2 is 2.10 bits per heavy atom. The Hall–Kier alpha value is -0.180. The average molecular weight is 172 g/mol. The summed E-state index contributed by atoms with van der Waals surface area (Å²) in [5.41, 5.74) is 8.10. The summed E-state index contributed by atoms with van der Waals surface area (Å²) in [6.45, 7) is 0. The molecule has 1 rings (SSSR count). The molecule has 0 aromatic carbocycles. The lowest BCUT2D eigenvalue weighted by Gasteiger charge is -2.09. The molecular formula is C6H8N2S2. The van der Waals surface area contributed by atoms with Crippen molar-refractivity contribution in [2.75, 3.05) is 11.5 Å². The lowest BCUT2D eigenvalue weighted by Crippen LogP contribution is -1.91. The van der Waals surface area contributed by atoms with Crippen molar-refractivity contribution >= 4 is 29.7 Å². The van der Waals surface area contributed by atoms with E-state index in [1.807, 2.05) is 29.6 Å². The highest BCUT2D eigenvalue weighted by Gasteiger charge is 2.05. The molecule has 0 amide bonds. The predicted octanol–water partition coefficient (Wildman–Crippen LogP) is 2.00. The molecule has 1 heterocycles. The molecule has 0 aliphatic carbocycles. The fraction of sp³-hybridized carbons (Fsp3) is 0.500. The van der Waals surface area contributed by atoms with Crippen LogP contribution in [0.15, 0.2) is 10.3 Å². The number of hydrogen-bond donors (Lipinski definition) is 0. The van der Waals surface area contributed by atoms with E-state index in [4.69, 9.17) is 5.53 Å². The smallest absolute Gasteiger partial charge is 0.282 e. The fourth-order valence-electron chi connectivity index (χ4n) is 0.637. The zero-order valence-corrected chi connectivity index (χ0v) is 7.12. The summed E-state index contributed by atoms with van der Waals surface area (Å²) in [6, 6.07) is 0. The maximum Gasteiger partial charge on any atom is 0.282 e. The van der Waals surface area contributed by atoms with Gasteiger partial charge in [-0.3, -0.25) is 0 Å². The summed E-state index contributed by atoms with van der Waals surface area (Å²) in [6.07, 6.45) is 4.54. The van der Waals surface area contributed by atoms with E-state index in [-0.39, 0.29) is 0 Å². The van der Waals surface area contributed by atoms with Gasteiger partial charge in [-0.1, -0.05) is 0 Å². The number of allylic oxidation sites excluding steroid dienone is 1. The van der Waals surface area contributed by atoms with Crippen LogP contribution in [0.4, 0.5) is 0 Å². The second-order valence-electron chi connectivity index (χ2n) is 1.80. The van der Waals surface area contributed by atoms with Crippen LogP contribution in [0.5, 0.6) is 0 Å². The predicted molar refractivity (Wildman–Crippen MR) is 47.3 cm³/mol. The monoisotopic (exact) mass is 172 g/mol. The SMILES string of the molecule is [N-]=[N+]=CC=C1SCCCS1. The Bertz CT molecular complexity index is 174. The highest BCUT2D eigenvalue weighted by Crippen LogP contribution is 2.33. The lowest BCUT2D eigenvalue weighted by molar-refractivity contribution is 0.00514. The second kappa shape index (κ2) is 4.61. The van der Waals surface area contributed by atoms with Crippen LogP contribution in [-0.4, -0.2) is 22.5 Å². The van der Waals surface area contributed by atoms with Crippen molar-refractivity contribution in [3.63, 3.8) is 0 Å². The fourth-order valence-corrected chi connectivity index (χ4v) is 2.95. The van der Waals surface area contributed by atoms with Gasteiger partial charge in [0.05, 0.1) is 0 Å². The first-order valence-electron chi connectivity index (χ1n) is 3.07. The Morgan fingerprint density at radius 3 is 2.70 bits per heavy atom. The molecule has 0 spiro atoms. The molecule has 0 radical (unpaired) electrons. The first-order valence-corrected chi connectivity index (χ1v) is 5.04. The molecule has 1 aliphatic heterocycles. The van der Waals surface area contributed by atoms with Gasteiger partial charge in [0.2, 0.25) is 0 Å². The zero-order valence-electron chi connectivity index (χ0n) is 5.49. The standard InChI is InChI=1S/C6H8N2S2/c7-8-3-2-6-9-4-1-5-10-6/h2-3H,1,4-5H2. The Kier molecular flexibility index (Phi) is 3.65. The van der Waals surface area contributed by atoms with Gasteiger partial charge in [-0.2, -0.15) is 4.79 Å². The summed E-state index contributed by atoms with van der Waals surface area (Å²) in [5.74, 6) is 2.39. The summed E-state index contributed by atoms with van der Waals surface area (Å²) >= 11 is 3.65.